The van der Waals surface area contributed by atoms with E-state index in [2.05, 4.69) is 42.7 Å². The summed E-state index contributed by atoms with van der Waals surface area (Å²) < 4.78 is 0. The van der Waals surface area contributed by atoms with E-state index in [1.165, 1.54) is 44.5 Å². The van der Waals surface area contributed by atoms with E-state index in [1.54, 1.807) is 0 Å². The lowest BCUT2D eigenvalue weighted by atomic mass is 10.0. The molecule has 2 fully saturated rings. The van der Waals surface area contributed by atoms with Crippen LogP contribution in [0.4, 0.5) is 0 Å². The van der Waals surface area contributed by atoms with Crippen LogP contribution in [0.3, 0.4) is 0 Å². The average molecular weight is 256 g/mol. The average Bonchev–Trinajstić information content (AvgIpc) is 2.77. The van der Waals surface area contributed by atoms with E-state index in [-0.39, 0.29) is 0 Å². The van der Waals surface area contributed by atoms with Gasteiger partial charge >= 0.3 is 0 Å². The summed E-state index contributed by atoms with van der Waals surface area (Å²) in [5, 5.41) is 4.54. The van der Waals surface area contributed by atoms with Crippen LogP contribution in [0.25, 0.3) is 0 Å². The van der Waals surface area contributed by atoms with Gasteiger partial charge in [-0.05, 0) is 31.9 Å². The molecule has 0 aromatic carbocycles. The third kappa shape index (κ3) is 3.18. The highest BCUT2D eigenvalue weighted by Crippen LogP contribution is 2.35. The highest BCUT2D eigenvalue weighted by molar-refractivity contribution is 7.99. The minimum absolute atomic E-state index is 0.672. The van der Waals surface area contributed by atoms with Crippen molar-refractivity contribution in [2.45, 2.75) is 69.8 Å². The van der Waals surface area contributed by atoms with Crippen LogP contribution >= 0.6 is 11.8 Å². The smallest absolute Gasteiger partial charge is 0.0222 e. The fourth-order valence-corrected chi connectivity index (χ4v) is 4.74. The minimum atomic E-state index is 0.672. The molecule has 0 amide bonds. The zero-order valence-corrected chi connectivity index (χ0v) is 12.4. The van der Waals surface area contributed by atoms with Crippen molar-refractivity contribution in [3.63, 3.8) is 0 Å². The van der Waals surface area contributed by atoms with Crippen molar-refractivity contribution in [1.29, 1.82) is 0 Å². The van der Waals surface area contributed by atoms with Crippen LogP contribution < -0.4 is 5.32 Å². The maximum absolute atomic E-state index is 3.63. The quantitative estimate of drug-likeness (QED) is 0.832. The van der Waals surface area contributed by atoms with Crippen molar-refractivity contribution in [2.75, 3.05) is 18.8 Å². The molecule has 1 N–H and O–H groups in total. The van der Waals surface area contributed by atoms with Crippen molar-refractivity contribution in [3.8, 4) is 0 Å². The first-order chi connectivity index (χ1) is 8.26. The summed E-state index contributed by atoms with van der Waals surface area (Å²) in [5.41, 5.74) is 0. The van der Waals surface area contributed by atoms with Gasteiger partial charge in [-0.25, -0.2) is 0 Å². The minimum Gasteiger partial charge on any atom is -0.311 e. The molecule has 100 valence electrons. The maximum Gasteiger partial charge on any atom is 0.0222 e. The molecule has 3 heteroatoms. The molecule has 1 saturated carbocycles. The van der Waals surface area contributed by atoms with Gasteiger partial charge in [-0.1, -0.05) is 20.3 Å². The van der Waals surface area contributed by atoms with Gasteiger partial charge in [0, 0.05) is 36.5 Å². The summed E-state index contributed by atoms with van der Waals surface area (Å²) in [6.45, 7) is 9.42. The van der Waals surface area contributed by atoms with Gasteiger partial charge in [0.15, 0.2) is 0 Å². The molecule has 17 heavy (non-hydrogen) atoms. The summed E-state index contributed by atoms with van der Waals surface area (Å²) in [5.74, 6) is 1.28. The number of nitrogens with zero attached hydrogens (tertiary/aromatic N) is 1. The lowest BCUT2D eigenvalue weighted by Gasteiger charge is -2.44. The molecule has 0 radical (unpaired) electrons. The molecule has 0 aromatic rings. The highest BCUT2D eigenvalue weighted by Gasteiger charge is 2.37. The Morgan fingerprint density at radius 3 is 2.82 bits per heavy atom. The number of hydrogen-bond acceptors (Lipinski definition) is 3. The largest absolute Gasteiger partial charge is 0.311 e. The van der Waals surface area contributed by atoms with Crippen LogP contribution in [0.2, 0.25) is 0 Å². The van der Waals surface area contributed by atoms with Crippen molar-refractivity contribution >= 4 is 11.8 Å². The zero-order chi connectivity index (χ0) is 12.3. The molecule has 0 bridgehead atoms. The third-order valence-electron chi connectivity index (χ3n) is 4.35. The molecule has 2 nitrogen and oxygen atoms in total. The standard InChI is InChI=1S/C14H28N2S/c1-4-12-9-15-11(3)10-16(12)13-7-6-8-14(13)17-5-2/h11-15H,4-10H2,1-3H3. The lowest BCUT2D eigenvalue weighted by Crippen LogP contribution is -2.59. The predicted octanol–water partition coefficient (Wildman–Crippen LogP) is 2.73. The normalized spacial score (nSPS) is 39.7. The first-order valence-electron chi connectivity index (χ1n) is 7.37. The molecule has 2 rings (SSSR count). The first-order valence-corrected chi connectivity index (χ1v) is 8.41. The Kier molecular flexibility index (Phi) is 5.19. The maximum atomic E-state index is 3.63. The first kappa shape index (κ1) is 13.7. The summed E-state index contributed by atoms with van der Waals surface area (Å²) >= 11 is 2.19. The molecule has 0 spiro atoms. The van der Waals surface area contributed by atoms with E-state index < -0.39 is 0 Å². The molecule has 1 aliphatic carbocycles. The Morgan fingerprint density at radius 2 is 2.12 bits per heavy atom. The summed E-state index contributed by atoms with van der Waals surface area (Å²) in [4.78, 5) is 2.83. The van der Waals surface area contributed by atoms with Crippen LogP contribution in [0, 0.1) is 0 Å². The van der Waals surface area contributed by atoms with Crippen molar-refractivity contribution < 1.29 is 0 Å². The van der Waals surface area contributed by atoms with Crippen molar-refractivity contribution in [1.82, 2.24) is 10.2 Å². The third-order valence-corrected chi connectivity index (χ3v) is 5.66. The predicted molar refractivity (Wildman–Crippen MR) is 77.8 cm³/mol. The molecule has 4 unspecified atom stereocenters. The molecule has 2 aliphatic rings. The van der Waals surface area contributed by atoms with E-state index in [4.69, 9.17) is 0 Å². The van der Waals surface area contributed by atoms with Crippen LogP contribution in [0.1, 0.15) is 46.5 Å². The summed E-state index contributed by atoms with van der Waals surface area (Å²) in [7, 11) is 0. The molecule has 1 saturated heterocycles. The number of rotatable bonds is 4. The Labute approximate surface area is 111 Å². The van der Waals surface area contributed by atoms with E-state index in [0.29, 0.717) is 6.04 Å². The number of nitrogens with one attached hydrogen (secondary N) is 1. The summed E-state index contributed by atoms with van der Waals surface area (Å²) in [6.07, 6.45) is 5.61. The van der Waals surface area contributed by atoms with Gasteiger partial charge in [-0.3, -0.25) is 4.90 Å². The summed E-state index contributed by atoms with van der Waals surface area (Å²) in [6, 6.07) is 2.30. The fraction of sp³-hybridized carbons (Fsp3) is 1.00. The topological polar surface area (TPSA) is 15.3 Å². The Balaban J connectivity index is 2.01. The van der Waals surface area contributed by atoms with Gasteiger partial charge in [-0.2, -0.15) is 11.8 Å². The number of thioether (sulfide) groups is 1. The van der Waals surface area contributed by atoms with E-state index in [1.807, 2.05) is 0 Å². The van der Waals surface area contributed by atoms with Crippen LogP contribution in [-0.4, -0.2) is 47.1 Å². The molecule has 1 aliphatic heterocycles. The second-order valence-corrected chi connectivity index (χ2v) is 7.08. The molecular weight excluding hydrogens is 228 g/mol. The van der Waals surface area contributed by atoms with Gasteiger partial charge in [0.2, 0.25) is 0 Å². The fourth-order valence-electron chi connectivity index (χ4n) is 3.46. The van der Waals surface area contributed by atoms with Gasteiger partial charge < -0.3 is 5.32 Å². The molecular formula is C14H28N2S. The Morgan fingerprint density at radius 1 is 1.29 bits per heavy atom. The van der Waals surface area contributed by atoms with Gasteiger partial charge in [0.1, 0.15) is 0 Å². The number of hydrogen-bond donors (Lipinski definition) is 1. The second kappa shape index (κ2) is 6.44. The van der Waals surface area contributed by atoms with Gasteiger partial charge in [0.25, 0.3) is 0 Å². The highest BCUT2D eigenvalue weighted by atomic mass is 32.2. The molecule has 1 heterocycles. The lowest BCUT2D eigenvalue weighted by molar-refractivity contribution is 0.0874. The van der Waals surface area contributed by atoms with E-state index in [0.717, 1.165) is 17.3 Å². The second-order valence-electron chi connectivity index (χ2n) is 5.56. The van der Waals surface area contributed by atoms with Crippen molar-refractivity contribution in [3.05, 3.63) is 0 Å². The SMILES string of the molecule is CCSC1CCCC1N1CC(C)NCC1CC. The van der Waals surface area contributed by atoms with E-state index in [9.17, 15) is 0 Å². The van der Waals surface area contributed by atoms with Crippen LogP contribution in [0.5, 0.6) is 0 Å². The molecule has 4 atom stereocenters. The Hall–Kier alpha value is 0.270. The van der Waals surface area contributed by atoms with Crippen LogP contribution in [0.15, 0.2) is 0 Å². The van der Waals surface area contributed by atoms with Gasteiger partial charge in [0.05, 0.1) is 0 Å². The monoisotopic (exact) mass is 256 g/mol. The van der Waals surface area contributed by atoms with Gasteiger partial charge in [-0.15, -0.1) is 0 Å². The Bertz CT molecular complexity index is 234. The number of piperazine rings is 1. The van der Waals surface area contributed by atoms with E-state index >= 15 is 0 Å². The van der Waals surface area contributed by atoms with Crippen molar-refractivity contribution in [2.24, 2.45) is 0 Å². The van der Waals surface area contributed by atoms with Crippen LogP contribution in [-0.2, 0) is 0 Å². The molecule has 0 aromatic heterocycles. The zero-order valence-electron chi connectivity index (χ0n) is 11.6.